The Morgan fingerprint density at radius 3 is 2.17 bits per heavy atom. The van der Waals surface area contributed by atoms with Crippen molar-refractivity contribution in [2.75, 3.05) is 32.7 Å². The molecule has 1 aliphatic rings. The molecule has 23 heavy (non-hydrogen) atoms. The van der Waals surface area contributed by atoms with Crippen molar-refractivity contribution in [2.24, 2.45) is 0 Å². The molecule has 0 N–H and O–H groups in total. The van der Waals surface area contributed by atoms with Gasteiger partial charge in [0, 0.05) is 31.7 Å². The van der Waals surface area contributed by atoms with Gasteiger partial charge in [0.1, 0.15) is 0 Å². The van der Waals surface area contributed by atoms with Crippen LogP contribution in [0, 0.1) is 0 Å². The maximum atomic E-state index is 12.5. The van der Waals surface area contributed by atoms with Gasteiger partial charge in [-0.25, -0.2) is 0 Å². The number of nitrogens with zero attached hydrogens (tertiary/aromatic N) is 2. The summed E-state index contributed by atoms with van der Waals surface area (Å²) in [6.07, 6.45) is -0.799. The predicted octanol–water partition coefficient (Wildman–Crippen LogP) is 3.65. The molecule has 0 bridgehead atoms. The molecule has 6 heteroatoms. The highest BCUT2D eigenvalue weighted by Gasteiger charge is 2.30. The lowest BCUT2D eigenvalue weighted by molar-refractivity contribution is -0.137. The number of carbonyl (C=O) groups excluding carboxylic acids is 1. The van der Waals surface area contributed by atoms with Gasteiger partial charge >= 0.3 is 6.18 Å². The van der Waals surface area contributed by atoms with Crippen LogP contribution in [0.25, 0.3) is 0 Å². The van der Waals surface area contributed by atoms with Crippen molar-refractivity contribution in [3.05, 3.63) is 35.4 Å². The Morgan fingerprint density at radius 1 is 1.04 bits per heavy atom. The summed E-state index contributed by atoms with van der Waals surface area (Å²) in [6.45, 7) is 6.14. The molecule has 1 aromatic rings. The van der Waals surface area contributed by atoms with Crippen molar-refractivity contribution in [1.29, 1.82) is 0 Å². The van der Waals surface area contributed by atoms with Crippen LogP contribution in [0.15, 0.2) is 24.3 Å². The number of unbranched alkanes of at least 4 members (excludes halogenated alkanes) is 2. The zero-order chi connectivity index (χ0) is 16.9. The highest BCUT2D eigenvalue weighted by Crippen LogP contribution is 2.29. The first-order valence-electron chi connectivity index (χ1n) is 8.10. The number of hydrogen-bond acceptors (Lipinski definition) is 2. The van der Waals surface area contributed by atoms with Crippen molar-refractivity contribution in [3.63, 3.8) is 0 Å². The first-order valence-corrected chi connectivity index (χ1v) is 8.10. The molecule has 0 spiro atoms. The smallest absolute Gasteiger partial charge is 0.336 e. The van der Waals surface area contributed by atoms with Gasteiger partial charge in [0.05, 0.1) is 5.56 Å². The maximum Gasteiger partial charge on any atom is 0.416 e. The van der Waals surface area contributed by atoms with E-state index in [9.17, 15) is 18.0 Å². The standard InChI is InChI=1S/C17H23F3N2O/c1-2-3-4-9-21-10-12-22(13-11-21)16(23)14-5-7-15(8-6-14)17(18,19)20/h5-8H,2-4,9-13H2,1H3. The molecular weight excluding hydrogens is 305 g/mol. The van der Waals surface area contributed by atoms with E-state index in [-0.39, 0.29) is 5.91 Å². The highest BCUT2D eigenvalue weighted by atomic mass is 19.4. The van der Waals surface area contributed by atoms with E-state index in [4.69, 9.17) is 0 Å². The number of rotatable bonds is 5. The van der Waals surface area contributed by atoms with Gasteiger partial charge in [0.25, 0.3) is 5.91 Å². The van der Waals surface area contributed by atoms with Crippen LogP contribution in [0.1, 0.15) is 42.1 Å². The summed E-state index contributed by atoms with van der Waals surface area (Å²) in [5, 5.41) is 0. The highest BCUT2D eigenvalue weighted by molar-refractivity contribution is 5.94. The number of halogens is 3. The Balaban J connectivity index is 1.87. The van der Waals surface area contributed by atoms with E-state index in [1.807, 2.05) is 0 Å². The van der Waals surface area contributed by atoms with Crippen LogP contribution in [0.5, 0.6) is 0 Å². The molecule has 0 radical (unpaired) electrons. The summed E-state index contributed by atoms with van der Waals surface area (Å²) in [6, 6.07) is 4.46. The Hall–Kier alpha value is -1.56. The fraction of sp³-hybridized carbons (Fsp3) is 0.588. The molecule has 0 atom stereocenters. The molecule has 1 fully saturated rings. The van der Waals surface area contributed by atoms with Crippen LogP contribution < -0.4 is 0 Å². The molecule has 1 amide bonds. The summed E-state index contributed by atoms with van der Waals surface area (Å²) in [5.41, 5.74) is -0.410. The second-order valence-electron chi connectivity index (χ2n) is 5.92. The number of carbonyl (C=O) groups is 1. The molecule has 1 heterocycles. The molecule has 0 saturated carbocycles. The van der Waals surface area contributed by atoms with Crippen LogP contribution in [0.3, 0.4) is 0 Å². The average molecular weight is 328 g/mol. The van der Waals surface area contributed by atoms with E-state index in [1.165, 1.54) is 31.4 Å². The molecule has 0 unspecified atom stereocenters. The molecule has 0 aliphatic carbocycles. The van der Waals surface area contributed by atoms with Gasteiger partial charge < -0.3 is 4.90 Å². The number of piperazine rings is 1. The topological polar surface area (TPSA) is 23.6 Å². The fourth-order valence-electron chi connectivity index (χ4n) is 2.74. The number of hydrogen-bond donors (Lipinski definition) is 0. The number of benzene rings is 1. The molecule has 0 aromatic heterocycles. The predicted molar refractivity (Wildman–Crippen MR) is 83.3 cm³/mol. The Labute approximate surface area is 135 Å². The third-order valence-corrected chi connectivity index (χ3v) is 4.20. The average Bonchev–Trinajstić information content (AvgIpc) is 2.54. The monoisotopic (exact) mass is 328 g/mol. The SMILES string of the molecule is CCCCCN1CCN(C(=O)c2ccc(C(F)(F)F)cc2)CC1. The number of amides is 1. The van der Waals surface area contributed by atoms with E-state index in [0.717, 1.165) is 31.8 Å². The fourth-order valence-corrected chi connectivity index (χ4v) is 2.74. The molecule has 128 valence electrons. The van der Waals surface area contributed by atoms with Crippen molar-refractivity contribution in [1.82, 2.24) is 9.80 Å². The molecule has 1 aliphatic heterocycles. The van der Waals surface area contributed by atoms with Gasteiger partial charge in [-0.2, -0.15) is 13.2 Å². The van der Waals surface area contributed by atoms with E-state index >= 15 is 0 Å². The van der Waals surface area contributed by atoms with Gasteiger partial charge in [-0.05, 0) is 37.2 Å². The van der Waals surface area contributed by atoms with Crippen molar-refractivity contribution < 1.29 is 18.0 Å². The summed E-state index contributed by atoms with van der Waals surface area (Å²) in [4.78, 5) is 16.4. The van der Waals surface area contributed by atoms with Gasteiger partial charge in [0.15, 0.2) is 0 Å². The summed E-state index contributed by atoms with van der Waals surface area (Å²) < 4.78 is 37.6. The van der Waals surface area contributed by atoms with Crippen LogP contribution in [-0.2, 0) is 6.18 Å². The minimum absolute atomic E-state index is 0.188. The Bertz CT molecular complexity index is 506. The van der Waals surface area contributed by atoms with Crippen LogP contribution in [0.4, 0.5) is 13.2 Å². The van der Waals surface area contributed by atoms with E-state index in [2.05, 4.69) is 11.8 Å². The van der Waals surface area contributed by atoms with Crippen molar-refractivity contribution >= 4 is 5.91 Å². The largest absolute Gasteiger partial charge is 0.416 e. The number of alkyl halides is 3. The van der Waals surface area contributed by atoms with E-state index < -0.39 is 11.7 Å². The molecule has 3 nitrogen and oxygen atoms in total. The van der Waals surface area contributed by atoms with Crippen LogP contribution in [0.2, 0.25) is 0 Å². The lowest BCUT2D eigenvalue weighted by Gasteiger charge is -2.34. The quantitative estimate of drug-likeness (QED) is 0.770. The summed E-state index contributed by atoms with van der Waals surface area (Å²) >= 11 is 0. The summed E-state index contributed by atoms with van der Waals surface area (Å²) in [5.74, 6) is -0.188. The third kappa shape index (κ3) is 4.96. The lowest BCUT2D eigenvalue weighted by Crippen LogP contribution is -2.48. The second-order valence-corrected chi connectivity index (χ2v) is 5.92. The van der Waals surface area contributed by atoms with E-state index in [1.54, 1.807) is 4.90 Å². The molecule has 1 saturated heterocycles. The minimum Gasteiger partial charge on any atom is -0.336 e. The molecular formula is C17H23F3N2O. The molecule has 2 rings (SSSR count). The molecule has 1 aromatic carbocycles. The van der Waals surface area contributed by atoms with Gasteiger partial charge in [-0.3, -0.25) is 9.69 Å². The second kappa shape index (κ2) is 7.81. The normalized spacial score (nSPS) is 16.6. The van der Waals surface area contributed by atoms with Gasteiger partial charge in [0.2, 0.25) is 0 Å². The van der Waals surface area contributed by atoms with Crippen molar-refractivity contribution in [2.45, 2.75) is 32.4 Å². The Morgan fingerprint density at radius 2 is 1.65 bits per heavy atom. The first-order chi connectivity index (χ1) is 10.9. The van der Waals surface area contributed by atoms with Gasteiger partial charge in [-0.15, -0.1) is 0 Å². The maximum absolute atomic E-state index is 12.5. The summed E-state index contributed by atoms with van der Waals surface area (Å²) in [7, 11) is 0. The van der Waals surface area contributed by atoms with Crippen LogP contribution >= 0.6 is 0 Å². The van der Waals surface area contributed by atoms with Gasteiger partial charge in [-0.1, -0.05) is 19.8 Å². The zero-order valence-electron chi connectivity index (χ0n) is 13.4. The minimum atomic E-state index is -4.37. The third-order valence-electron chi connectivity index (χ3n) is 4.20. The lowest BCUT2D eigenvalue weighted by atomic mass is 10.1. The zero-order valence-corrected chi connectivity index (χ0v) is 13.4. The van der Waals surface area contributed by atoms with Crippen molar-refractivity contribution in [3.8, 4) is 0 Å². The van der Waals surface area contributed by atoms with Crippen LogP contribution in [-0.4, -0.2) is 48.4 Å². The van der Waals surface area contributed by atoms with E-state index in [0.29, 0.717) is 18.7 Å². The Kier molecular flexibility index (Phi) is 6.04. The first kappa shape index (κ1) is 17.8.